The van der Waals surface area contributed by atoms with E-state index in [1.807, 2.05) is 17.9 Å². The summed E-state index contributed by atoms with van der Waals surface area (Å²) in [4.78, 5) is 37.6. The molecule has 1 heterocycles. The zero-order valence-electron chi connectivity index (χ0n) is 17.7. The molecule has 3 aromatic rings. The molecule has 2 N–H and O–H groups in total. The highest BCUT2D eigenvalue weighted by atomic mass is 16.5. The third-order valence-corrected chi connectivity index (χ3v) is 4.73. The second-order valence-electron chi connectivity index (χ2n) is 7.06. The van der Waals surface area contributed by atoms with Gasteiger partial charge in [-0.2, -0.15) is 0 Å². The largest absolute Gasteiger partial charge is 0.497 e. The Morgan fingerprint density at radius 3 is 2.32 bits per heavy atom. The molecule has 31 heavy (non-hydrogen) atoms. The van der Waals surface area contributed by atoms with Crippen LogP contribution in [0.2, 0.25) is 0 Å². The van der Waals surface area contributed by atoms with E-state index in [9.17, 15) is 14.4 Å². The molecular formula is C23H25N3O5. The molecule has 0 aliphatic carbocycles. The van der Waals surface area contributed by atoms with Gasteiger partial charge in [0.1, 0.15) is 11.3 Å². The van der Waals surface area contributed by atoms with Crippen molar-refractivity contribution in [3.8, 4) is 5.75 Å². The summed E-state index contributed by atoms with van der Waals surface area (Å²) in [5, 5.41) is 6.32. The molecule has 8 heteroatoms. The Morgan fingerprint density at radius 2 is 1.71 bits per heavy atom. The Morgan fingerprint density at radius 1 is 1.03 bits per heavy atom. The highest BCUT2D eigenvalue weighted by Crippen LogP contribution is 2.23. The summed E-state index contributed by atoms with van der Waals surface area (Å²) in [5.41, 5.74) is 2.07. The van der Waals surface area contributed by atoms with E-state index < -0.39 is 5.63 Å². The lowest BCUT2D eigenvalue weighted by Crippen LogP contribution is -2.33. The fraction of sp³-hybridized carbons (Fsp3) is 0.261. The molecule has 0 aliphatic rings. The van der Waals surface area contributed by atoms with Crippen LogP contribution in [-0.4, -0.2) is 36.9 Å². The van der Waals surface area contributed by atoms with Gasteiger partial charge in [0, 0.05) is 42.4 Å². The average Bonchev–Trinajstić information content (AvgIpc) is 2.73. The summed E-state index contributed by atoms with van der Waals surface area (Å²) in [7, 11) is 1.55. The number of anilines is 2. The van der Waals surface area contributed by atoms with Crippen LogP contribution in [0.3, 0.4) is 0 Å². The van der Waals surface area contributed by atoms with Crippen LogP contribution in [-0.2, 0) is 16.1 Å². The number of likely N-dealkylation sites (N-methyl/N-ethyl adjacent to an activating group) is 1. The van der Waals surface area contributed by atoms with Crippen LogP contribution >= 0.6 is 0 Å². The van der Waals surface area contributed by atoms with Gasteiger partial charge in [-0.25, -0.2) is 4.79 Å². The fourth-order valence-corrected chi connectivity index (χ4v) is 3.23. The molecule has 0 saturated carbocycles. The Labute approximate surface area is 179 Å². The van der Waals surface area contributed by atoms with Crippen LogP contribution in [0.25, 0.3) is 11.0 Å². The second-order valence-corrected chi connectivity index (χ2v) is 7.06. The van der Waals surface area contributed by atoms with Gasteiger partial charge in [0.25, 0.3) is 0 Å². The van der Waals surface area contributed by atoms with Gasteiger partial charge in [0.2, 0.25) is 11.8 Å². The Hall–Kier alpha value is -3.65. The van der Waals surface area contributed by atoms with Gasteiger partial charge < -0.3 is 19.8 Å². The van der Waals surface area contributed by atoms with Gasteiger partial charge >= 0.3 is 5.63 Å². The standard InChI is InChI=1S/C23H25N3O5/c1-4-26(14-22(28)25-18-7-5-17(6-8-18)24-15(2)27)13-16-11-23(29)31-21-12-19(30-3)9-10-20(16)21/h5-12H,4,13-14H2,1-3H3,(H,24,27)(H,25,28). The quantitative estimate of drug-likeness (QED) is 0.540. The summed E-state index contributed by atoms with van der Waals surface area (Å²) in [6, 6.07) is 13.7. The third kappa shape index (κ3) is 5.93. The smallest absolute Gasteiger partial charge is 0.336 e. The predicted octanol–water partition coefficient (Wildman–Crippen LogP) is 3.22. The zero-order chi connectivity index (χ0) is 22.4. The molecule has 0 atom stereocenters. The number of carbonyl (C=O) groups excluding carboxylic acids is 2. The maximum absolute atomic E-state index is 12.5. The van der Waals surface area contributed by atoms with Crippen molar-refractivity contribution < 1.29 is 18.7 Å². The zero-order valence-corrected chi connectivity index (χ0v) is 17.7. The minimum atomic E-state index is -0.449. The Kier molecular flexibility index (Phi) is 7.04. The van der Waals surface area contributed by atoms with Crippen LogP contribution in [0, 0.1) is 0 Å². The van der Waals surface area contributed by atoms with Crippen molar-refractivity contribution in [3.05, 3.63) is 64.5 Å². The number of nitrogens with zero attached hydrogens (tertiary/aromatic N) is 1. The molecule has 1 aromatic heterocycles. The van der Waals surface area contributed by atoms with E-state index in [1.54, 1.807) is 43.5 Å². The number of fused-ring (bicyclic) bond motifs is 1. The molecule has 0 aliphatic heterocycles. The summed E-state index contributed by atoms with van der Waals surface area (Å²) in [6.07, 6.45) is 0. The number of benzene rings is 2. The molecule has 3 rings (SSSR count). The van der Waals surface area contributed by atoms with Gasteiger partial charge in [-0.1, -0.05) is 6.92 Å². The first-order valence-electron chi connectivity index (χ1n) is 9.88. The molecular weight excluding hydrogens is 398 g/mol. The molecule has 8 nitrogen and oxygen atoms in total. The van der Waals surface area contributed by atoms with Gasteiger partial charge in [-0.05, 0) is 48.5 Å². The van der Waals surface area contributed by atoms with Gasteiger partial charge in [0.05, 0.1) is 13.7 Å². The van der Waals surface area contributed by atoms with Crippen molar-refractivity contribution in [3.63, 3.8) is 0 Å². The van der Waals surface area contributed by atoms with Crippen molar-refractivity contribution >= 4 is 34.2 Å². The minimum Gasteiger partial charge on any atom is -0.497 e. The van der Waals surface area contributed by atoms with E-state index in [-0.39, 0.29) is 18.4 Å². The first-order valence-corrected chi connectivity index (χ1v) is 9.88. The van der Waals surface area contributed by atoms with Crippen LogP contribution in [0.1, 0.15) is 19.4 Å². The molecule has 0 radical (unpaired) electrons. The van der Waals surface area contributed by atoms with Gasteiger partial charge in [-0.3, -0.25) is 14.5 Å². The molecule has 2 aromatic carbocycles. The second kappa shape index (κ2) is 9.90. The lowest BCUT2D eigenvalue weighted by molar-refractivity contribution is -0.117. The van der Waals surface area contributed by atoms with Gasteiger partial charge in [-0.15, -0.1) is 0 Å². The van der Waals surface area contributed by atoms with Crippen molar-refractivity contribution in [2.24, 2.45) is 0 Å². The van der Waals surface area contributed by atoms with E-state index in [2.05, 4.69) is 10.6 Å². The third-order valence-electron chi connectivity index (χ3n) is 4.73. The minimum absolute atomic E-state index is 0.155. The number of hydrogen-bond donors (Lipinski definition) is 2. The monoisotopic (exact) mass is 423 g/mol. The maximum atomic E-state index is 12.5. The number of amides is 2. The lowest BCUT2D eigenvalue weighted by Gasteiger charge is -2.20. The first-order chi connectivity index (χ1) is 14.9. The summed E-state index contributed by atoms with van der Waals surface area (Å²) in [6.45, 7) is 4.58. The fourth-order valence-electron chi connectivity index (χ4n) is 3.23. The predicted molar refractivity (Wildman–Crippen MR) is 119 cm³/mol. The Balaban J connectivity index is 1.69. The van der Waals surface area contributed by atoms with Gasteiger partial charge in [0.15, 0.2) is 0 Å². The summed E-state index contributed by atoms with van der Waals surface area (Å²) >= 11 is 0. The van der Waals surface area contributed by atoms with E-state index in [0.29, 0.717) is 35.8 Å². The molecule has 0 spiro atoms. The van der Waals surface area contributed by atoms with Crippen LogP contribution in [0.15, 0.2) is 57.7 Å². The Bertz CT molecular complexity index is 1140. The molecule has 0 unspecified atom stereocenters. The number of hydrogen-bond acceptors (Lipinski definition) is 6. The first kappa shape index (κ1) is 22.0. The van der Waals surface area contributed by atoms with Crippen molar-refractivity contribution in [1.82, 2.24) is 4.90 Å². The molecule has 0 saturated heterocycles. The number of carbonyl (C=O) groups is 2. The van der Waals surface area contributed by atoms with E-state index in [1.165, 1.54) is 13.0 Å². The normalized spacial score (nSPS) is 10.8. The van der Waals surface area contributed by atoms with Crippen molar-refractivity contribution in [1.29, 1.82) is 0 Å². The molecule has 162 valence electrons. The van der Waals surface area contributed by atoms with E-state index in [4.69, 9.17) is 9.15 Å². The highest BCUT2D eigenvalue weighted by molar-refractivity contribution is 5.93. The van der Waals surface area contributed by atoms with Crippen LogP contribution in [0.4, 0.5) is 11.4 Å². The summed E-state index contributed by atoms with van der Waals surface area (Å²) in [5.74, 6) is 0.267. The van der Waals surface area contributed by atoms with E-state index in [0.717, 1.165) is 10.9 Å². The SMILES string of the molecule is CCN(CC(=O)Nc1ccc(NC(C)=O)cc1)Cc1cc(=O)oc2cc(OC)ccc12. The lowest BCUT2D eigenvalue weighted by atomic mass is 10.1. The summed E-state index contributed by atoms with van der Waals surface area (Å²) < 4.78 is 10.5. The van der Waals surface area contributed by atoms with Crippen LogP contribution < -0.4 is 21.0 Å². The van der Waals surface area contributed by atoms with Crippen molar-refractivity contribution in [2.75, 3.05) is 30.8 Å². The average molecular weight is 423 g/mol. The number of nitrogens with one attached hydrogen (secondary N) is 2. The molecule has 0 fully saturated rings. The number of methoxy groups -OCH3 is 1. The van der Waals surface area contributed by atoms with E-state index >= 15 is 0 Å². The maximum Gasteiger partial charge on any atom is 0.336 e. The number of rotatable bonds is 8. The molecule has 0 bridgehead atoms. The number of ether oxygens (including phenoxy) is 1. The highest BCUT2D eigenvalue weighted by Gasteiger charge is 2.14. The van der Waals surface area contributed by atoms with Crippen molar-refractivity contribution in [2.45, 2.75) is 20.4 Å². The molecule has 2 amide bonds. The topological polar surface area (TPSA) is 101 Å². The van der Waals surface area contributed by atoms with Crippen LogP contribution in [0.5, 0.6) is 5.75 Å².